The second kappa shape index (κ2) is 4.61. The van der Waals surface area contributed by atoms with Crippen molar-refractivity contribution in [3.8, 4) is 5.75 Å². The maximum Gasteiger partial charge on any atom is 0.412 e. The Morgan fingerprint density at radius 1 is 0.947 bits per heavy atom. The Hall–Kier alpha value is -2.55. The molecule has 0 radical (unpaired) electrons. The molecule has 1 amide bonds. The van der Waals surface area contributed by atoms with Crippen LogP contribution >= 0.6 is 0 Å². The molecule has 0 aliphatic heterocycles. The average molecular weight is 251 g/mol. The molecule has 3 heteroatoms. The second-order valence-electron chi connectivity index (χ2n) is 4.31. The number of carbonyl (C=O) groups excluding carboxylic acids is 1. The lowest BCUT2D eigenvalue weighted by Crippen LogP contribution is -2.21. The fourth-order valence-corrected chi connectivity index (χ4v) is 2.20. The van der Waals surface area contributed by atoms with Gasteiger partial charge in [0.05, 0.1) is 0 Å². The van der Waals surface area contributed by atoms with Crippen molar-refractivity contribution in [2.45, 2.75) is 0 Å². The molecule has 94 valence electrons. The number of benzene rings is 3. The Balaban J connectivity index is 2.19. The van der Waals surface area contributed by atoms with E-state index in [-0.39, 0.29) is 0 Å². The predicted molar refractivity (Wildman–Crippen MR) is 76.5 cm³/mol. The first-order valence-corrected chi connectivity index (χ1v) is 6.09. The zero-order chi connectivity index (χ0) is 13.2. The number of carbonyl (C=O) groups is 1. The SMILES string of the molecule is CNC(=O)Oc1ccc2ccc3ccccc3c2c1. The molecule has 3 nitrogen and oxygen atoms in total. The number of nitrogens with one attached hydrogen (secondary N) is 1. The molecule has 0 saturated carbocycles. The highest BCUT2D eigenvalue weighted by Crippen LogP contribution is 2.28. The van der Waals surface area contributed by atoms with Crippen LogP contribution in [0.3, 0.4) is 0 Å². The molecule has 0 aromatic heterocycles. The summed E-state index contributed by atoms with van der Waals surface area (Å²) in [5.41, 5.74) is 0. The van der Waals surface area contributed by atoms with Crippen LogP contribution in [-0.2, 0) is 0 Å². The molecule has 1 N–H and O–H groups in total. The van der Waals surface area contributed by atoms with Crippen LogP contribution in [0.5, 0.6) is 5.75 Å². The summed E-state index contributed by atoms with van der Waals surface area (Å²) in [5, 5.41) is 6.98. The van der Waals surface area contributed by atoms with E-state index in [9.17, 15) is 4.79 Å². The van der Waals surface area contributed by atoms with Crippen molar-refractivity contribution in [2.75, 3.05) is 7.05 Å². The van der Waals surface area contributed by atoms with Gasteiger partial charge in [-0.05, 0) is 33.7 Å². The largest absolute Gasteiger partial charge is 0.412 e. The van der Waals surface area contributed by atoms with Gasteiger partial charge in [0, 0.05) is 7.05 Å². The first-order valence-electron chi connectivity index (χ1n) is 6.09. The van der Waals surface area contributed by atoms with Crippen molar-refractivity contribution in [1.29, 1.82) is 0 Å². The number of fused-ring (bicyclic) bond motifs is 3. The minimum atomic E-state index is -0.459. The molecule has 0 aliphatic carbocycles. The van der Waals surface area contributed by atoms with Gasteiger partial charge in [0.25, 0.3) is 0 Å². The highest BCUT2D eigenvalue weighted by atomic mass is 16.5. The molecule has 19 heavy (non-hydrogen) atoms. The Bertz CT molecular complexity index is 765. The molecule has 0 aliphatic rings. The molecule has 0 unspecified atom stereocenters. The normalized spacial score (nSPS) is 10.6. The van der Waals surface area contributed by atoms with Crippen molar-refractivity contribution in [3.63, 3.8) is 0 Å². The van der Waals surface area contributed by atoms with Crippen LogP contribution in [0.15, 0.2) is 54.6 Å². The number of amides is 1. The molecule has 0 bridgehead atoms. The van der Waals surface area contributed by atoms with E-state index in [1.165, 1.54) is 5.39 Å². The van der Waals surface area contributed by atoms with Crippen LogP contribution in [0.1, 0.15) is 0 Å². The average Bonchev–Trinajstić information content (AvgIpc) is 2.47. The van der Waals surface area contributed by atoms with Gasteiger partial charge in [-0.25, -0.2) is 4.79 Å². The van der Waals surface area contributed by atoms with E-state index < -0.39 is 6.09 Å². The lowest BCUT2D eigenvalue weighted by molar-refractivity contribution is 0.203. The lowest BCUT2D eigenvalue weighted by atomic mass is 10.0. The van der Waals surface area contributed by atoms with Crippen molar-refractivity contribution in [3.05, 3.63) is 54.6 Å². The topological polar surface area (TPSA) is 38.3 Å². The van der Waals surface area contributed by atoms with Gasteiger partial charge in [-0.1, -0.05) is 42.5 Å². The summed E-state index contributed by atoms with van der Waals surface area (Å²) in [4.78, 5) is 11.2. The number of ether oxygens (including phenoxy) is 1. The van der Waals surface area contributed by atoms with E-state index in [1.807, 2.05) is 24.3 Å². The minimum Gasteiger partial charge on any atom is -0.410 e. The molecule has 3 aromatic rings. The molecule has 0 spiro atoms. The summed E-state index contributed by atoms with van der Waals surface area (Å²) in [6, 6.07) is 18.0. The van der Waals surface area contributed by atoms with E-state index in [1.54, 1.807) is 13.1 Å². The quantitative estimate of drug-likeness (QED) is 0.669. The van der Waals surface area contributed by atoms with Gasteiger partial charge < -0.3 is 10.1 Å². The van der Waals surface area contributed by atoms with Crippen molar-refractivity contribution < 1.29 is 9.53 Å². The summed E-state index contributed by atoms with van der Waals surface area (Å²) < 4.78 is 5.17. The van der Waals surface area contributed by atoms with Crippen LogP contribution < -0.4 is 10.1 Å². The molecule has 0 saturated heterocycles. The number of hydrogen-bond donors (Lipinski definition) is 1. The standard InChI is InChI=1S/C16H13NO2/c1-17-16(18)19-13-9-8-12-7-6-11-4-2-3-5-14(11)15(12)10-13/h2-10H,1H3,(H,17,18). The first kappa shape index (κ1) is 11.5. The van der Waals surface area contributed by atoms with Crippen molar-refractivity contribution in [2.24, 2.45) is 0 Å². The highest BCUT2D eigenvalue weighted by molar-refractivity contribution is 6.07. The molecular weight excluding hydrogens is 238 g/mol. The van der Waals surface area contributed by atoms with Crippen LogP contribution in [0.25, 0.3) is 21.5 Å². The van der Waals surface area contributed by atoms with Crippen molar-refractivity contribution >= 4 is 27.6 Å². The summed E-state index contributed by atoms with van der Waals surface area (Å²) >= 11 is 0. The Morgan fingerprint density at radius 2 is 1.63 bits per heavy atom. The summed E-state index contributed by atoms with van der Waals surface area (Å²) in [6.07, 6.45) is -0.459. The summed E-state index contributed by atoms with van der Waals surface area (Å²) in [5.74, 6) is 0.545. The third-order valence-corrected chi connectivity index (χ3v) is 3.13. The van der Waals surface area contributed by atoms with Gasteiger partial charge in [-0.15, -0.1) is 0 Å². The van der Waals surface area contributed by atoms with Crippen LogP contribution in [0, 0.1) is 0 Å². The smallest absolute Gasteiger partial charge is 0.410 e. The second-order valence-corrected chi connectivity index (χ2v) is 4.31. The predicted octanol–water partition coefficient (Wildman–Crippen LogP) is 3.71. The molecule has 0 fully saturated rings. The van der Waals surface area contributed by atoms with E-state index in [2.05, 4.69) is 29.6 Å². The van der Waals surface area contributed by atoms with Gasteiger partial charge in [0.15, 0.2) is 0 Å². The van der Waals surface area contributed by atoms with E-state index in [0.717, 1.165) is 16.2 Å². The Kier molecular flexibility index (Phi) is 2.80. The number of hydrogen-bond acceptors (Lipinski definition) is 2. The molecule has 3 rings (SSSR count). The third kappa shape index (κ3) is 2.10. The summed E-state index contributed by atoms with van der Waals surface area (Å²) in [6.45, 7) is 0. The Labute approximate surface area is 110 Å². The van der Waals surface area contributed by atoms with Gasteiger partial charge in [0.2, 0.25) is 0 Å². The maximum absolute atomic E-state index is 11.2. The lowest BCUT2D eigenvalue weighted by Gasteiger charge is -2.07. The van der Waals surface area contributed by atoms with Gasteiger partial charge in [-0.3, -0.25) is 0 Å². The van der Waals surface area contributed by atoms with Crippen LogP contribution in [0.2, 0.25) is 0 Å². The zero-order valence-corrected chi connectivity index (χ0v) is 10.5. The van der Waals surface area contributed by atoms with Gasteiger partial charge in [-0.2, -0.15) is 0 Å². The van der Waals surface area contributed by atoms with E-state index >= 15 is 0 Å². The van der Waals surface area contributed by atoms with E-state index in [4.69, 9.17) is 4.74 Å². The summed E-state index contributed by atoms with van der Waals surface area (Å²) in [7, 11) is 1.54. The minimum absolute atomic E-state index is 0.459. The monoisotopic (exact) mass is 251 g/mol. The fourth-order valence-electron chi connectivity index (χ4n) is 2.20. The Morgan fingerprint density at radius 3 is 2.42 bits per heavy atom. The van der Waals surface area contributed by atoms with Crippen LogP contribution in [0.4, 0.5) is 4.79 Å². The van der Waals surface area contributed by atoms with Crippen molar-refractivity contribution in [1.82, 2.24) is 5.32 Å². The zero-order valence-electron chi connectivity index (χ0n) is 10.5. The first-order chi connectivity index (χ1) is 9.28. The molecular formula is C16H13NO2. The van der Waals surface area contributed by atoms with Crippen LogP contribution in [-0.4, -0.2) is 13.1 Å². The molecule has 0 heterocycles. The van der Waals surface area contributed by atoms with Gasteiger partial charge >= 0.3 is 6.09 Å². The fraction of sp³-hybridized carbons (Fsp3) is 0.0625. The molecule has 3 aromatic carbocycles. The molecule has 0 atom stereocenters. The maximum atomic E-state index is 11.2. The van der Waals surface area contributed by atoms with E-state index in [0.29, 0.717) is 5.75 Å². The third-order valence-electron chi connectivity index (χ3n) is 3.13. The number of rotatable bonds is 1. The van der Waals surface area contributed by atoms with Gasteiger partial charge in [0.1, 0.15) is 5.75 Å². The highest BCUT2D eigenvalue weighted by Gasteiger charge is 2.05.